The summed E-state index contributed by atoms with van der Waals surface area (Å²) in [5.41, 5.74) is 0.561. The van der Waals surface area contributed by atoms with E-state index in [1.165, 1.54) is 12.8 Å². The molecule has 122 valence electrons. The van der Waals surface area contributed by atoms with Gasteiger partial charge in [0.2, 0.25) is 5.92 Å². The van der Waals surface area contributed by atoms with Crippen molar-refractivity contribution in [1.82, 2.24) is 4.90 Å². The second-order valence-electron chi connectivity index (χ2n) is 8.18. The largest absolute Gasteiger partial charge is 0.378 e. The minimum Gasteiger partial charge on any atom is -0.378 e. The SMILES string of the molecule is CC(C)OCC1(CN2CCC3(CCC(F)(F)CC3)C2)CC1. The van der Waals surface area contributed by atoms with Crippen LogP contribution in [0.1, 0.15) is 58.8 Å². The average molecular weight is 301 g/mol. The van der Waals surface area contributed by atoms with Crippen molar-refractivity contribution < 1.29 is 13.5 Å². The molecular weight excluding hydrogens is 272 g/mol. The maximum Gasteiger partial charge on any atom is 0.248 e. The standard InChI is InChI=1S/C17H29F2NO/c1-14(2)21-13-16(3-4-16)12-20-10-9-15(11-20)5-7-17(18,19)8-6-15/h14H,3-13H2,1-2H3. The van der Waals surface area contributed by atoms with E-state index in [1.54, 1.807) is 0 Å². The van der Waals surface area contributed by atoms with Crippen LogP contribution in [0.3, 0.4) is 0 Å². The molecule has 0 bridgehead atoms. The van der Waals surface area contributed by atoms with Gasteiger partial charge in [-0.05, 0) is 57.9 Å². The molecule has 0 radical (unpaired) electrons. The molecule has 3 aliphatic rings. The third kappa shape index (κ3) is 3.76. The first-order valence-electron chi connectivity index (χ1n) is 8.54. The monoisotopic (exact) mass is 301 g/mol. The Labute approximate surface area is 127 Å². The van der Waals surface area contributed by atoms with Crippen LogP contribution in [0.2, 0.25) is 0 Å². The highest BCUT2D eigenvalue weighted by atomic mass is 19.3. The van der Waals surface area contributed by atoms with Gasteiger partial charge in [-0.25, -0.2) is 8.78 Å². The van der Waals surface area contributed by atoms with Crippen molar-refractivity contribution in [3.8, 4) is 0 Å². The van der Waals surface area contributed by atoms with E-state index >= 15 is 0 Å². The normalized spacial score (nSPS) is 30.1. The molecule has 4 heteroatoms. The highest BCUT2D eigenvalue weighted by Gasteiger charge is 2.50. The van der Waals surface area contributed by atoms with Gasteiger partial charge in [-0.15, -0.1) is 0 Å². The van der Waals surface area contributed by atoms with Gasteiger partial charge in [0.15, 0.2) is 0 Å². The van der Waals surface area contributed by atoms with Gasteiger partial charge in [0.1, 0.15) is 0 Å². The molecule has 0 aromatic rings. The van der Waals surface area contributed by atoms with E-state index in [2.05, 4.69) is 18.7 Å². The minimum absolute atomic E-state index is 0.0996. The van der Waals surface area contributed by atoms with Gasteiger partial charge in [0, 0.05) is 31.3 Å². The Kier molecular flexibility index (Phi) is 4.07. The molecule has 0 amide bonds. The molecule has 0 aromatic heterocycles. The highest BCUT2D eigenvalue weighted by Crippen LogP contribution is 2.51. The zero-order chi connectivity index (χ0) is 15.1. The molecule has 0 N–H and O–H groups in total. The maximum absolute atomic E-state index is 13.4. The zero-order valence-electron chi connectivity index (χ0n) is 13.5. The lowest BCUT2D eigenvalue weighted by Gasteiger charge is -2.37. The van der Waals surface area contributed by atoms with Crippen molar-refractivity contribution in [3.05, 3.63) is 0 Å². The maximum atomic E-state index is 13.4. The smallest absolute Gasteiger partial charge is 0.248 e. The van der Waals surface area contributed by atoms with Crippen LogP contribution in [0.15, 0.2) is 0 Å². The summed E-state index contributed by atoms with van der Waals surface area (Å²) in [5, 5.41) is 0. The minimum atomic E-state index is -2.40. The number of rotatable bonds is 5. The molecule has 0 unspecified atom stereocenters. The first-order valence-corrected chi connectivity index (χ1v) is 8.54. The zero-order valence-corrected chi connectivity index (χ0v) is 13.5. The van der Waals surface area contributed by atoms with Crippen LogP contribution in [0.4, 0.5) is 8.78 Å². The van der Waals surface area contributed by atoms with Gasteiger partial charge in [-0.3, -0.25) is 0 Å². The number of hydrogen-bond donors (Lipinski definition) is 0. The Morgan fingerprint density at radius 3 is 2.24 bits per heavy atom. The predicted molar refractivity (Wildman–Crippen MR) is 79.7 cm³/mol. The summed E-state index contributed by atoms with van der Waals surface area (Å²) in [6.07, 6.45) is 5.57. The van der Waals surface area contributed by atoms with E-state index in [0.29, 0.717) is 24.4 Å². The molecule has 1 spiro atoms. The molecule has 3 fully saturated rings. The summed E-state index contributed by atoms with van der Waals surface area (Å²) in [4.78, 5) is 2.53. The number of alkyl halides is 2. The molecule has 2 saturated carbocycles. The van der Waals surface area contributed by atoms with Crippen molar-refractivity contribution >= 4 is 0 Å². The predicted octanol–water partition coefficient (Wildman–Crippen LogP) is 4.09. The third-order valence-electron chi connectivity index (χ3n) is 5.80. The number of likely N-dealkylation sites (tertiary alicyclic amines) is 1. The van der Waals surface area contributed by atoms with E-state index in [4.69, 9.17) is 4.74 Å². The highest BCUT2D eigenvalue weighted by molar-refractivity contribution is 5.00. The van der Waals surface area contributed by atoms with E-state index in [1.807, 2.05) is 0 Å². The molecule has 2 nitrogen and oxygen atoms in total. The second-order valence-corrected chi connectivity index (χ2v) is 8.18. The fourth-order valence-corrected chi connectivity index (χ4v) is 4.06. The first kappa shape index (κ1) is 15.7. The Morgan fingerprint density at radius 2 is 1.67 bits per heavy atom. The summed E-state index contributed by atoms with van der Waals surface area (Å²) in [7, 11) is 0. The fourth-order valence-electron chi connectivity index (χ4n) is 4.06. The number of halogens is 2. The van der Waals surface area contributed by atoms with Gasteiger partial charge in [-0.2, -0.15) is 0 Å². The molecule has 2 aliphatic carbocycles. The molecule has 1 saturated heterocycles. The molecular formula is C17H29F2NO. The van der Waals surface area contributed by atoms with Crippen LogP contribution in [0.25, 0.3) is 0 Å². The van der Waals surface area contributed by atoms with E-state index in [0.717, 1.165) is 32.7 Å². The van der Waals surface area contributed by atoms with Crippen LogP contribution >= 0.6 is 0 Å². The second kappa shape index (κ2) is 5.45. The van der Waals surface area contributed by atoms with Gasteiger partial charge >= 0.3 is 0 Å². The van der Waals surface area contributed by atoms with Crippen molar-refractivity contribution in [1.29, 1.82) is 0 Å². The molecule has 0 atom stereocenters. The van der Waals surface area contributed by atoms with Crippen molar-refractivity contribution in [3.63, 3.8) is 0 Å². The Hall–Kier alpha value is -0.220. The first-order chi connectivity index (χ1) is 9.82. The van der Waals surface area contributed by atoms with Crippen molar-refractivity contribution in [2.24, 2.45) is 10.8 Å². The Bertz CT molecular complexity index is 369. The van der Waals surface area contributed by atoms with Crippen LogP contribution in [-0.2, 0) is 4.74 Å². The topological polar surface area (TPSA) is 12.5 Å². The van der Waals surface area contributed by atoms with Gasteiger partial charge in [0.25, 0.3) is 0 Å². The van der Waals surface area contributed by atoms with Gasteiger partial charge in [-0.1, -0.05) is 0 Å². The Morgan fingerprint density at radius 1 is 1.00 bits per heavy atom. The lowest BCUT2D eigenvalue weighted by atomic mass is 9.72. The van der Waals surface area contributed by atoms with E-state index in [-0.39, 0.29) is 18.3 Å². The van der Waals surface area contributed by atoms with Gasteiger partial charge < -0.3 is 9.64 Å². The lowest BCUT2D eigenvalue weighted by molar-refractivity contribution is -0.0652. The van der Waals surface area contributed by atoms with Crippen molar-refractivity contribution in [2.45, 2.75) is 70.8 Å². The van der Waals surface area contributed by atoms with Crippen molar-refractivity contribution in [2.75, 3.05) is 26.2 Å². The van der Waals surface area contributed by atoms with E-state index in [9.17, 15) is 8.78 Å². The summed E-state index contributed by atoms with van der Waals surface area (Å²) in [5.74, 6) is -2.40. The summed E-state index contributed by atoms with van der Waals surface area (Å²) in [6.45, 7) is 8.28. The van der Waals surface area contributed by atoms with Crippen LogP contribution < -0.4 is 0 Å². The number of nitrogens with zero attached hydrogens (tertiary/aromatic N) is 1. The fraction of sp³-hybridized carbons (Fsp3) is 1.00. The lowest BCUT2D eigenvalue weighted by Crippen LogP contribution is -2.37. The summed E-state index contributed by atoms with van der Waals surface area (Å²) in [6, 6.07) is 0. The molecule has 1 aliphatic heterocycles. The number of ether oxygens (including phenoxy) is 1. The molecule has 21 heavy (non-hydrogen) atoms. The number of hydrogen-bond acceptors (Lipinski definition) is 2. The molecule has 1 heterocycles. The van der Waals surface area contributed by atoms with Crippen LogP contribution in [0.5, 0.6) is 0 Å². The average Bonchev–Trinajstić information content (AvgIpc) is 3.06. The third-order valence-corrected chi connectivity index (χ3v) is 5.80. The summed E-state index contributed by atoms with van der Waals surface area (Å²) < 4.78 is 32.5. The van der Waals surface area contributed by atoms with Crippen LogP contribution in [0, 0.1) is 10.8 Å². The quantitative estimate of drug-likeness (QED) is 0.758. The van der Waals surface area contributed by atoms with Gasteiger partial charge in [0.05, 0.1) is 12.7 Å². The molecule has 3 rings (SSSR count). The molecule has 0 aromatic carbocycles. The van der Waals surface area contributed by atoms with Crippen LogP contribution in [-0.4, -0.2) is 43.2 Å². The Balaban J connectivity index is 1.49. The summed E-state index contributed by atoms with van der Waals surface area (Å²) >= 11 is 0. The van der Waals surface area contributed by atoms with E-state index < -0.39 is 5.92 Å².